The number of hydrogen-bond acceptors (Lipinski definition) is 3. The van der Waals surface area contributed by atoms with Crippen molar-refractivity contribution < 1.29 is 14.7 Å². The number of nitrogens with one attached hydrogen (secondary N) is 1. The molecule has 5 nitrogen and oxygen atoms in total. The van der Waals surface area contributed by atoms with Crippen molar-refractivity contribution in [2.75, 3.05) is 0 Å². The number of aromatic nitrogens is 1. The van der Waals surface area contributed by atoms with Crippen molar-refractivity contribution in [3.8, 4) is 0 Å². The summed E-state index contributed by atoms with van der Waals surface area (Å²) in [6.45, 7) is 1.42. The molecule has 0 spiro atoms. The first-order valence-corrected chi connectivity index (χ1v) is 6.36. The van der Waals surface area contributed by atoms with Gasteiger partial charge >= 0.3 is 5.97 Å². The fourth-order valence-corrected chi connectivity index (χ4v) is 1.82. The molecule has 1 unspecified atom stereocenters. The molecule has 0 fully saturated rings. The fourth-order valence-electron chi connectivity index (χ4n) is 1.59. The highest BCUT2D eigenvalue weighted by atomic mass is 79.9. The van der Waals surface area contributed by atoms with Crippen LogP contribution in [0.15, 0.2) is 22.8 Å². The Hall–Kier alpha value is -1.43. The molecule has 98 valence electrons. The summed E-state index contributed by atoms with van der Waals surface area (Å²) in [6.07, 6.45) is 2.63. The maximum Gasteiger partial charge on any atom is 0.303 e. The Balaban J connectivity index is 2.61. The zero-order valence-corrected chi connectivity index (χ0v) is 11.6. The predicted molar refractivity (Wildman–Crippen MR) is 70.1 cm³/mol. The molecule has 1 heterocycles. The van der Waals surface area contributed by atoms with Gasteiger partial charge in [-0.2, -0.15) is 0 Å². The number of carbonyl (C=O) groups is 2. The van der Waals surface area contributed by atoms with E-state index in [0.717, 1.165) is 10.2 Å². The summed E-state index contributed by atoms with van der Waals surface area (Å²) in [4.78, 5) is 25.8. The molecule has 1 aromatic heterocycles. The third-order valence-corrected chi connectivity index (χ3v) is 2.83. The largest absolute Gasteiger partial charge is 0.481 e. The molecule has 0 bridgehead atoms. The van der Waals surface area contributed by atoms with E-state index in [9.17, 15) is 9.59 Å². The minimum absolute atomic E-state index is 0.0292. The Bertz CT molecular complexity index is 420. The van der Waals surface area contributed by atoms with Crippen LogP contribution in [0.1, 0.15) is 25.5 Å². The number of pyridine rings is 1. The van der Waals surface area contributed by atoms with Gasteiger partial charge < -0.3 is 10.4 Å². The Kier molecular flexibility index (Phi) is 5.77. The lowest BCUT2D eigenvalue weighted by Gasteiger charge is -2.16. The molecule has 0 aliphatic carbocycles. The lowest BCUT2D eigenvalue weighted by molar-refractivity contribution is -0.137. The number of rotatable bonds is 6. The van der Waals surface area contributed by atoms with Crippen LogP contribution in [-0.4, -0.2) is 28.0 Å². The SMILES string of the molecule is CC(=O)NC(CCC(=O)O)Cc1ccc(Br)cn1. The molecule has 0 aliphatic heterocycles. The second-order valence-corrected chi connectivity index (χ2v) is 4.92. The van der Waals surface area contributed by atoms with Gasteiger partial charge in [0, 0.05) is 42.2 Å². The summed E-state index contributed by atoms with van der Waals surface area (Å²) < 4.78 is 0.882. The zero-order valence-electron chi connectivity index (χ0n) is 10.0. The van der Waals surface area contributed by atoms with Crippen LogP contribution in [0.5, 0.6) is 0 Å². The average Bonchev–Trinajstić information content (AvgIpc) is 2.28. The maximum absolute atomic E-state index is 11.1. The van der Waals surface area contributed by atoms with Gasteiger partial charge in [0.25, 0.3) is 0 Å². The average molecular weight is 315 g/mol. The van der Waals surface area contributed by atoms with Crippen LogP contribution in [0.4, 0.5) is 0 Å². The first-order valence-electron chi connectivity index (χ1n) is 5.56. The molecule has 0 saturated heterocycles. The van der Waals surface area contributed by atoms with Crippen LogP contribution in [-0.2, 0) is 16.0 Å². The maximum atomic E-state index is 11.1. The molecule has 0 saturated carbocycles. The van der Waals surface area contributed by atoms with Crippen LogP contribution >= 0.6 is 15.9 Å². The summed E-state index contributed by atoms with van der Waals surface area (Å²) in [6, 6.07) is 3.51. The standard InChI is InChI=1S/C12H15BrN2O3/c1-8(16)15-11(4-5-12(17)18)6-10-3-2-9(13)7-14-10/h2-3,7,11H,4-6H2,1H3,(H,15,16)(H,17,18). The van der Waals surface area contributed by atoms with Gasteiger partial charge in [0.1, 0.15) is 0 Å². The summed E-state index contributed by atoms with van der Waals surface area (Å²) in [5, 5.41) is 11.4. The van der Waals surface area contributed by atoms with Crippen LogP contribution in [0.25, 0.3) is 0 Å². The Morgan fingerprint density at radius 3 is 2.72 bits per heavy atom. The minimum Gasteiger partial charge on any atom is -0.481 e. The molecule has 0 aliphatic rings. The second kappa shape index (κ2) is 7.10. The Labute approximate surface area is 114 Å². The molecule has 1 amide bonds. The van der Waals surface area contributed by atoms with Gasteiger partial charge in [-0.25, -0.2) is 0 Å². The molecule has 0 radical (unpaired) electrons. The molecule has 1 aromatic rings. The second-order valence-electron chi connectivity index (χ2n) is 4.00. The van der Waals surface area contributed by atoms with E-state index in [-0.39, 0.29) is 18.4 Å². The summed E-state index contributed by atoms with van der Waals surface area (Å²) in [5.41, 5.74) is 0.822. The number of halogens is 1. The van der Waals surface area contributed by atoms with Gasteiger partial charge in [-0.15, -0.1) is 0 Å². The Morgan fingerprint density at radius 1 is 1.50 bits per heavy atom. The van der Waals surface area contributed by atoms with Crippen molar-refractivity contribution in [2.45, 2.75) is 32.2 Å². The summed E-state index contributed by atoms with van der Waals surface area (Å²) >= 11 is 3.29. The number of carboxylic acid groups (broad SMARTS) is 1. The van der Waals surface area contributed by atoms with Crippen molar-refractivity contribution in [3.05, 3.63) is 28.5 Å². The third-order valence-electron chi connectivity index (χ3n) is 2.36. The quantitative estimate of drug-likeness (QED) is 0.838. The van der Waals surface area contributed by atoms with E-state index >= 15 is 0 Å². The van der Waals surface area contributed by atoms with Crippen LogP contribution < -0.4 is 5.32 Å². The van der Waals surface area contributed by atoms with Gasteiger partial charge in [0.15, 0.2) is 0 Å². The van der Waals surface area contributed by atoms with Gasteiger partial charge in [-0.3, -0.25) is 14.6 Å². The molecule has 18 heavy (non-hydrogen) atoms. The highest BCUT2D eigenvalue weighted by Gasteiger charge is 2.13. The summed E-state index contributed by atoms with van der Waals surface area (Å²) in [7, 11) is 0. The monoisotopic (exact) mass is 314 g/mol. The van der Waals surface area contributed by atoms with Crippen molar-refractivity contribution in [1.29, 1.82) is 0 Å². The van der Waals surface area contributed by atoms with E-state index in [1.54, 1.807) is 6.20 Å². The number of carboxylic acids is 1. The van der Waals surface area contributed by atoms with Crippen LogP contribution in [0.3, 0.4) is 0 Å². The van der Waals surface area contributed by atoms with Gasteiger partial charge in [0.2, 0.25) is 5.91 Å². The molecule has 0 aromatic carbocycles. The molecular weight excluding hydrogens is 300 g/mol. The number of amides is 1. The van der Waals surface area contributed by atoms with Crippen molar-refractivity contribution in [2.24, 2.45) is 0 Å². The molecule has 2 N–H and O–H groups in total. The highest BCUT2D eigenvalue weighted by molar-refractivity contribution is 9.10. The van der Waals surface area contributed by atoms with Crippen molar-refractivity contribution >= 4 is 27.8 Å². The van der Waals surface area contributed by atoms with Crippen LogP contribution in [0, 0.1) is 0 Å². The van der Waals surface area contributed by atoms with E-state index in [1.807, 2.05) is 12.1 Å². The van der Waals surface area contributed by atoms with E-state index in [4.69, 9.17) is 5.11 Å². The molecule has 6 heteroatoms. The van der Waals surface area contributed by atoms with E-state index in [0.29, 0.717) is 12.8 Å². The third kappa shape index (κ3) is 5.77. The highest BCUT2D eigenvalue weighted by Crippen LogP contribution is 2.10. The van der Waals surface area contributed by atoms with Gasteiger partial charge in [-0.05, 0) is 34.5 Å². The van der Waals surface area contributed by atoms with E-state index in [1.165, 1.54) is 6.92 Å². The predicted octanol–water partition coefficient (Wildman–Crippen LogP) is 1.76. The van der Waals surface area contributed by atoms with Crippen molar-refractivity contribution in [1.82, 2.24) is 10.3 Å². The Morgan fingerprint density at radius 2 is 2.22 bits per heavy atom. The minimum atomic E-state index is -0.867. The number of carbonyl (C=O) groups excluding carboxylic acids is 1. The lowest BCUT2D eigenvalue weighted by Crippen LogP contribution is -2.35. The number of aliphatic carboxylic acids is 1. The van der Waals surface area contributed by atoms with E-state index in [2.05, 4.69) is 26.2 Å². The van der Waals surface area contributed by atoms with Crippen molar-refractivity contribution in [3.63, 3.8) is 0 Å². The smallest absolute Gasteiger partial charge is 0.303 e. The summed E-state index contributed by atoms with van der Waals surface area (Å²) in [5.74, 6) is -1.03. The first-order chi connectivity index (χ1) is 8.47. The first kappa shape index (κ1) is 14.6. The molecular formula is C12H15BrN2O3. The zero-order chi connectivity index (χ0) is 13.5. The lowest BCUT2D eigenvalue weighted by atomic mass is 10.1. The fraction of sp³-hybridized carbons (Fsp3) is 0.417. The normalized spacial score (nSPS) is 11.9. The molecule has 1 rings (SSSR count). The van der Waals surface area contributed by atoms with E-state index < -0.39 is 5.97 Å². The van der Waals surface area contributed by atoms with Gasteiger partial charge in [-0.1, -0.05) is 0 Å². The number of hydrogen-bond donors (Lipinski definition) is 2. The topological polar surface area (TPSA) is 79.3 Å². The molecule has 1 atom stereocenters. The van der Waals surface area contributed by atoms with Crippen LogP contribution in [0.2, 0.25) is 0 Å². The number of nitrogens with zero attached hydrogens (tertiary/aromatic N) is 1. The van der Waals surface area contributed by atoms with Gasteiger partial charge in [0.05, 0.1) is 0 Å².